The summed E-state index contributed by atoms with van der Waals surface area (Å²) in [6, 6.07) is 6.39. The van der Waals surface area contributed by atoms with Gasteiger partial charge in [-0.1, -0.05) is 26.0 Å². The summed E-state index contributed by atoms with van der Waals surface area (Å²) in [6.07, 6.45) is 0.881. The van der Waals surface area contributed by atoms with Crippen molar-refractivity contribution in [2.24, 2.45) is 5.92 Å². The lowest BCUT2D eigenvalue weighted by Crippen LogP contribution is -2.46. The molecule has 6 heteroatoms. The van der Waals surface area contributed by atoms with Crippen LogP contribution in [0.4, 0.5) is 4.39 Å². The maximum absolute atomic E-state index is 13.1. The zero-order valence-electron chi connectivity index (χ0n) is 15.3. The molecule has 1 aromatic carbocycles. The van der Waals surface area contributed by atoms with Crippen LogP contribution in [0.1, 0.15) is 32.3 Å². The fourth-order valence-corrected chi connectivity index (χ4v) is 3.19. The van der Waals surface area contributed by atoms with Gasteiger partial charge in [-0.15, -0.1) is 0 Å². The Kier molecular flexibility index (Phi) is 6.93. The number of hydrogen-bond donors (Lipinski definition) is 1. The van der Waals surface area contributed by atoms with Crippen LogP contribution >= 0.6 is 0 Å². The van der Waals surface area contributed by atoms with E-state index in [0.717, 1.165) is 12.1 Å². The van der Waals surface area contributed by atoms with Gasteiger partial charge in [0.05, 0.1) is 0 Å². The number of rotatable bonds is 6. The number of halogens is 1. The van der Waals surface area contributed by atoms with Gasteiger partial charge in [0.15, 0.2) is 0 Å². The average molecular weight is 349 g/mol. The molecule has 0 saturated carbocycles. The molecule has 1 atom stereocenters. The first-order valence-electron chi connectivity index (χ1n) is 8.87. The SMILES string of the molecule is CNC(=O)CCN1CCC(=O)N(Cc2ccc(F)cc2)C(C(C)C)C1. The van der Waals surface area contributed by atoms with Crippen molar-refractivity contribution in [3.05, 3.63) is 35.6 Å². The van der Waals surface area contributed by atoms with E-state index in [1.807, 2.05) is 4.90 Å². The predicted octanol–water partition coefficient (Wildman–Crippen LogP) is 2.02. The molecule has 5 nitrogen and oxygen atoms in total. The Hall–Kier alpha value is -1.95. The Labute approximate surface area is 149 Å². The normalized spacial score (nSPS) is 19.2. The number of benzene rings is 1. The standard InChI is InChI=1S/C19H28FN3O2/c1-14(2)17-13-22(10-8-18(24)21-3)11-9-19(25)23(17)12-15-4-6-16(20)7-5-15/h4-7,14,17H,8-13H2,1-3H3,(H,21,24). The van der Waals surface area contributed by atoms with Gasteiger partial charge in [-0.2, -0.15) is 0 Å². The molecular formula is C19H28FN3O2. The van der Waals surface area contributed by atoms with Crippen molar-refractivity contribution in [1.29, 1.82) is 0 Å². The summed E-state index contributed by atoms with van der Waals surface area (Å²) in [6.45, 7) is 6.78. The van der Waals surface area contributed by atoms with E-state index < -0.39 is 0 Å². The summed E-state index contributed by atoms with van der Waals surface area (Å²) in [5, 5.41) is 2.64. The van der Waals surface area contributed by atoms with Crippen LogP contribution in [0.5, 0.6) is 0 Å². The van der Waals surface area contributed by atoms with Gasteiger partial charge >= 0.3 is 0 Å². The topological polar surface area (TPSA) is 52.7 Å². The number of nitrogens with one attached hydrogen (secondary N) is 1. The van der Waals surface area contributed by atoms with Crippen LogP contribution in [-0.4, -0.2) is 54.3 Å². The first-order chi connectivity index (χ1) is 11.9. The van der Waals surface area contributed by atoms with Gasteiger partial charge in [0, 0.05) is 52.1 Å². The fraction of sp³-hybridized carbons (Fsp3) is 0.579. The van der Waals surface area contributed by atoms with E-state index in [2.05, 4.69) is 24.1 Å². The summed E-state index contributed by atoms with van der Waals surface area (Å²) < 4.78 is 13.1. The van der Waals surface area contributed by atoms with E-state index in [-0.39, 0.29) is 23.7 Å². The second-order valence-corrected chi connectivity index (χ2v) is 6.93. The van der Waals surface area contributed by atoms with E-state index in [4.69, 9.17) is 0 Å². The molecule has 1 N–H and O–H groups in total. The van der Waals surface area contributed by atoms with Gasteiger partial charge < -0.3 is 15.1 Å². The average Bonchev–Trinajstić information content (AvgIpc) is 2.75. The first kappa shape index (κ1) is 19.4. The smallest absolute Gasteiger partial charge is 0.224 e. The molecule has 0 aliphatic carbocycles. The van der Waals surface area contributed by atoms with E-state index in [9.17, 15) is 14.0 Å². The maximum atomic E-state index is 13.1. The van der Waals surface area contributed by atoms with E-state index >= 15 is 0 Å². The second kappa shape index (κ2) is 8.94. The highest BCUT2D eigenvalue weighted by Crippen LogP contribution is 2.21. The number of carbonyl (C=O) groups excluding carboxylic acids is 2. The largest absolute Gasteiger partial charge is 0.359 e. The van der Waals surface area contributed by atoms with Crippen LogP contribution in [0.25, 0.3) is 0 Å². The maximum Gasteiger partial charge on any atom is 0.224 e. The number of carbonyl (C=O) groups is 2. The summed E-state index contributed by atoms with van der Waals surface area (Å²) >= 11 is 0. The molecule has 1 aromatic rings. The van der Waals surface area contributed by atoms with Crippen LogP contribution in [0.2, 0.25) is 0 Å². The minimum absolute atomic E-state index is 0.0137. The molecule has 1 heterocycles. The third-order valence-corrected chi connectivity index (χ3v) is 4.78. The van der Waals surface area contributed by atoms with Crippen molar-refractivity contribution in [3.63, 3.8) is 0 Å². The molecule has 0 spiro atoms. The molecule has 0 radical (unpaired) electrons. The Balaban J connectivity index is 2.10. The van der Waals surface area contributed by atoms with Gasteiger partial charge in [0.2, 0.25) is 11.8 Å². The van der Waals surface area contributed by atoms with Crippen molar-refractivity contribution < 1.29 is 14.0 Å². The minimum Gasteiger partial charge on any atom is -0.359 e. The highest BCUT2D eigenvalue weighted by atomic mass is 19.1. The summed E-state index contributed by atoms with van der Waals surface area (Å²) in [7, 11) is 1.63. The van der Waals surface area contributed by atoms with Gasteiger partial charge in [-0.25, -0.2) is 4.39 Å². The van der Waals surface area contributed by atoms with E-state index in [0.29, 0.717) is 38.4 Å². The molecule has 138 valence electrons. The van der Waals surface area contributed by atoms with Gasteiger partial charge in [0.1, 0.15) is 5.82 Å². The zero-order valence-corrected chi connectivity index (χ0v) is 15.3. The van der Waals surface area contributed by atoms with Gasteiger partial charge in [-0.05, 0) is 23.6 Å². The lowest BCUT2D eigenvalue weighted by Gasteiger charge is -2.35. The number of amides is 2. The van der Waals surface area contributed by atoms with Crippen LogP contribution in [0, 0.1) is 11.7 Å². The van der Waals surface area contributed by atoms with Crippen molar-refractivity contribution in [2.45, 2.75) is 39.3 Å². The zero-order chi connectivity index (χ0) is 18.4. The van der Waals surface area contributed by atoms with Crippen molar-refractivity contribution in [1.82, 2.24) is 15.1 Å². The Morgan fingerprint density at radius 2 is 2.00 bits per heavy atom. The lowest BCUT2D eigenvalue weighted by molar-refractivity contribution is -0.134. The molecule has 1 fully saturated rings. The van der Waals surface area contributed by atoms with Crippen LogP contribution < -0.4 is 5.32 Å². The predicted molar refractivity (Wildman–Crippen MR) is 95.3 cm³/mol. The number of hydrogen-bond acceptors (Lipinski definition) is 3. The Bertz CT molecular complexity index is 589. The quantitative estimate of drug-likeness (QED) is 0.855. The van der Waals surface area contributed by atoms with Crippen LogP contribution in [0.15, 0.2) is 24.3 Å². The highest BCUT2D eigenvalue weighted by molar-refractivity contribution is 5.77. The molecule has 1 aliphatic heterocycles. The lowest BCUT2D eigenvalue weighted by atomic mass is 10.0. The summed E-state index contributed by atoms with van der Waals surface area (Å²) in [5.41, 5.74) is 0.930. The minimum atomic E-state index is -0.272. The molecule has 0 bridgehead atoms. The second-order valence-electron chi connectivity index (χ2n) is 6.93. The molecule has 25 heavy (non-hydrogen) atoms. The molecule has 1 saturated heterocycles. The summed E-state index contributed by atoms with van der Waals surface area (Å²) in [4.78, 5) is 28.3. The van der Waals surface area contributed by atoms with Crippen molar-refractivity contribution in [2.75, 3.05) is 26.7 Å². The van der Waals surface area contributed by atoms with Crippen LogP contribution in [0.3, 0.4) is 0 Å². The van der Waals surface area contributed by atoms with Crippen molar-refractivity contribution >= 4 is 11.8 Å². The third kappa shape index (κ3) is 5.53. The summed E-state index contributed by atoms with van der Waals surface area (Å²) in [5.74, 6) is 0.155. The molecule has 1 unspecified atom stereocenters. The molecule has 2 amide bonds. The fourth-order valence-electron chi connectivity index (χ4n) is 3.19. The van der Waals surface area contributed by atoms with Gasteiger partial charge in [0.25, 0.3) is 0 Å². The van der Waals surface area contributed by atoms with Crippen LogP contribution in [-0.2, 0) is 16.1 Å². The van der Waals surface area contributed by atoms with E-state index in [1.54, 1.807) is 19.2 Å². The third-order valence-electron chi connectivity index (χ3n) is 4.78. The number of nitrogens with zero attached hydrogens (tertiary/aromatic N) is 2. The Morgan fingerprint density at radius 1 is 1.32 bits per heavy atom. The molecular weight excluding hydrogens is 321 g/mol. The van der Waals surface area contributed by atoms with E-state index in [1.165, 1.54) is 12.1 Å². The highest BCUT2D eigenvalue weighted by Gasteiger charge is 2.31. The molecule has 2 rings (SSSR count). The Morgan fingerprint density at radius 3 is 2.60 bits per heavy atom. The monoisotopic (exact) mass is 349 g/mol. The van der Waals surface area contributed by atoms with Gasteiger partial charge in [-0.3, -0.25) is 9.59 Å². The van der Waals surface area contributed by atoms with Crippen molar-refractivity contribution in [3.8, 4) is 0 Å². The first-order valence-corrected chi connectivity index (χ1v) is 8.87. The molecule has 1 aliphatic rings. The molecule has 0 aromatic heterocycles.